The van der Waals surface area contributed by atoms with Crippen LogP contribution in [-0.4, -0.2) is 18.2 Å². The van der Waals surface area contributed by atoms with Crippen LogP contribution in [0.15, 0.2) is 24.3 Å². The molecule has 1 aromatic carbocycles. The minimum Gasteiger partial charge on any atom is -0.496 e. The summed E-state index contributed by atoms with van der Waals surface area (Å²) in [7, 11) is 1.40. The first-order valence-electron chi connectivity index (χ1n) is 3.88. The monoisotopic (exact) mass is 196 g/mol. The molecule has 0 saturated carbocycles. The molecule has 0 aromatic heterocycles. The molecular formula is C10H9FO3. The molecule has 1 rings (SSSR count). The molecule has 0 aliphatic rings. The maximum absolute atomic E-state index is 12.7. The lowest BCUT2D eigenvalue weighted by molar-refractivity contribution is -0.131. The molecule has 0 aliphatic carbocycles. The van der Waals surface area contributed by atoms with Crippen LogP contribution in [0.3, 0.4) is 0 Å². The van der Waals surface area contributed by atoms with Gasteiger partial charge < -0.3 is 9.84 Å². The van der Waals surface area contributed by atoms with Crippen LogP contribution < -0.4 is 4.74 Å². The molecule has 14 heavy (non-hydrogen) atoms. The number of halogens is 1. The van der Waals surface area contributed by atoms with Gasteiger partial charge in [0, 0.05) is 17.7 Å². The van der Waals surface area contributed by atoms with Crippen LogP contribution in [0.4, 0.5) is 4.39 Å². The summed E-state index contributed by atoms with van der Waals surface area (Å²) < 4.78 is 17.6. The number of ether oxygens (including phenoxy) is 1. The number of hydrogen-bond acceptors (Lipinski definition) is 2. The molecule has 1 aromatic rings. The number of carboxylic acid groups (broad SMARTS) is 1. The number of hydrogen-bond donors (Lipinski definition) is 1. The van der Waals surface area contributed by atoms with E-state index in [4.69, 9.17) is 9.84 Å². The van der Waals surface area contributed by atoms with Gasteiger partial charge in [0.05, 0.1) is 7.11 Å². The van der Waals surface area contributed by atoms with E-state index in [9.17, 15) is 9.18 Å². The minimum atomic E-state index is -1.06. The number of aliphatic carboxylic acids is 1. The summed E-state index contributed by atoms with van der Waals surface area (Å²) in [5.41, 5.74) is 0.524. The Kier molecular flexibility index (Phi) is 3.23. The molecule has 0 unspecified atom stereocenters. The first-order chi connectivity index (χ1) is 6.63. The average Bonchev–Trinajstić information content (AvgIpc) is 2.15. The predicted octanol–water partition coefficient (Wildman–Crippen LogP) is 1.93. The lowest BCUT2D eigenvalue weighted by Gasteiger charge is -2.03. The highest BCUT2D eigenvalue weighted by Crippen LogP contribution is 2.20. The Balaban J connectivity index is 3.02. The fraction of sp³-hybridized carbons (Fsp3) is 0.100. The summed E-state index contributed by atoms with van der Waals surface area (Å²) in [5.74, 6) is -1.17. The first kappa shape index (κ1) is 10.2. The van der Waals surface area contributed by atoms with Crippen LogP contribution >= 0.6 is 0 Å². The fourth-order valence-corrected chi connectivity index (χ4v) is 0.984. The summed E-state index contributed by atoms with van der Waals surface area (Å²) >= 11 is 0. The average molecular weight is 196 g/mol. The second-order valence-electron chi connectivity index (χ2n) is 2.56. The third-order valence-corrected chi connectivity index (χ3v) is 1.60. The molecule has 0 radical (unpaired) electrons. The van der Waals surface area contributed by atoms with Crippen molar-refractivity contribution in [2.24, 2.45) is 0 Å². The van der Waals surface area contributed by atoms with Gasteiger partial charge in [-0.2, -0.15) is 0 Å². The normalized spacial score (nSPS) is 10.4. The van der Waals surface area contributed by atoms with E-state index in [1.54, 1.807) is 0 Å². The van der Waals surface area contributed by atoms with E-state index in [1.165, 1.54) is 31.4 Å². The minimum absolute atomic E-state index is 0.308. The number of methoxy groups -OCH3 is 1. The topological polar surface area (TPSA) is 46.5 Å². The largest absolute Gasteiger partial charge is 0.496 e. The van der Waals surface area contributed by atoms with Crippen molar-refractivity contribution in [1.29, 1.82) is 0 Å². The third kappa shape index (κ3) is 2.58. The number of carboxylic acids is 1. The van der Waals surface area contributed by atoms with E-state index in [1.807, 2.05) is 0 Å². The van der Waals surface area contributed by atoms with Gasteiger partial charge in [0.2, 0.25) is 0 Å². The van der Waals surface area contributed by atoms with Crippen molar-refractivity contribution in [3.05, 3.63) is 35.7 Å². The van der Waals surface area contributed by atoms with Gasteiger partial charge in [0.15, 0.2) is 0 Å². The van der Waals surface area contributed by atoms with E-state index in [2.05, 4.69) is 0 Å². The predicted molar refractivity (Wildman–Crippen MR) is 49.6 cm³/mol. The Morgan fingerprint density at radius 3 is 2.86 bits per heavy atom. The van der Waals surface area contributed by atoms with Crippen molar-refractivity contribution in [3.63, 3.8) is 0 Å². The summed E-state index contributed by atoms with van der Waals surface area (Å²) in [6.45, 7) is 0. The van der Waals surface area contributed by atoms with Crippen LogP contribution in [0, 0.1) is 5.82 Å². The molecule has 74 valence electrons. The van der Waals surface area contributed by atoms with Crippen molar-refractivity contribution in [1.82, 2.24) is 0 Å². The zero-order valence-electron chi connectivity index (χ0n) is 7.53. The summed E-state index contributed by atoms with van der Waals surface area (Å²) in [5, 5.41) is 8.39. The van der Waals surface area contributed by atoms with Gasteiger partial charge in [-0.1, -0.05) is 0 Å². The highest BCUT2D eigenvalue weighted by Gasteiger charge is 2.01. The molecule has 3 nitrogen and oxygen atoms in total. The first-order valence-corrected chi connectivity index (χ1v) is 3.88. The van der Waals surface area contributed by atoms with Crippen molar-refractivity contribution in [2.45, 2.75) is 0 Å². The molecule has 4 heteroatoms. The van der Waals surface area contributed by atoms with E-state index in [0.717, 1.165) is 6.08 Å². The fourth-order valence-electron chi connectivity index (χ4n) is 0.984. The second-order valence-corrected chi connectivity index (χ2v) is 2.56. The molecule has 0 aliphatic heterocycles. The summed E-state index contributed by atoms with van der Waals surface area (Å²) in [4.78, 5) is 10.2. The van der Waals surface area contributed by atoms with Gasteiger partial charge in [-0.3, -0.25) is 0 Å². The number of rotatable bonds is 3. The standard InChI is InChI=1S/C10H9FO3/c1-14-9-6-8(11)4-2-7(9)3-5-10(12)13/h2-6H,1H3,(H,12,13). The molecular weight excluding hydrogens is 187 g/mol. The molecule has 1 N–H and O–H groups in total. The molecule has 0 amide bonds. The van der Waals surface area contributed by atoms with Crippen molar-refractivity contribution in [2.75, 3.05) is 7.11 Å². The van der Waals surface area contributed by atoms with E-state index < -0.39 is 11.8 Å². The Hall–Kier alpha value is -1.84. The van der Waals surface area contributed by atoms with Crippen molar-refractivity contribution < 1.29 is 19.0 Å². The van der Waals surface area contributed by atoms with Crippen LogP contribution in [-0.2, 0) is 4.79 Å². The van der Waals surface area contributed by atoms with Gasteiger partial charge in [-0.15, -0.1) is 0 Å². The quantitative estimate of drug-likeness (QED) is 0.751. The summed E-state index contributed by atoms with van der Waals surface area (Å²) in [6, 6.07) is 3.89. The maximum Gasteiger partial charge on any atom is 0.328 e. The summed E-state index contributed by atoms with van der Waals surface area (Å²) in [6.07, 6.45) is 2.32. The van der Waals surface area contributed by atoms with E-state index in [0.29, 0.717) is 11.3 Å². The van der Waals surface area contributed by atoms with Crippen LogP contribution in [0.5, 0.6) is 5.75 Å². The Morgan fingerprint density at radius 2 is 2.29 bits per heavy atom. The maximum atomic E-state index is 12.7. The molecule has 0 bridgehead atoms. The van der Waals surface area contributed by atoms with Gasteiger partial charge in [0.1, 0.15) is 11.6 Å². The lowest BCUT2D eigenvalue weighted by Crippen LogP contribution is -1.90. The van der Waals surface area contributed by atoms with Gasteiger partial charge in [-0.05, 0) is 18.2 Å². The van der Waals surface area contributed by atoms with Crippen molar-refractivity contribution in [3.8, 4) is 5.75 Å². The highest BCUT2D eigenvalue weighted by molar-refractivity contribution is 5.85. The Morgan fingerprint density at radius 1 is 1.57 bits per heavy atom. The van der Waals surface area contributed by atoms with Crippen LogP contribution in [0.25, 0.3) is 6.08 Å². The SMILES string of the molecule is COc1cc(F)ccc1C=CC(=O)O. The number of benzene rings is 1. The zero-order valence-corrected chi connectivity index (χ0v) is 7.53. The molecule has 0 saturated heterocycles. The Bertz CT molecular complexity index is 372. The number of carbonyl (C=O) groups is 1. The van der Waals surface area contributed by atoms with Gasteiger partial charge >= 0.3 is 5.97 Å². The highest BCUT2D eigenvalue weighted by atomic mass is 19.1. The molecule has 0 heterocycles. The van der Waals surface area contributed by atoms with E-state index in [-0.39, 0.29) is 0 Å². The van der Waals surface area contributed by atoms with Crippen LogP contribution in [0.2, 0.25) is 0 Å². The van der Waals surface area contributed by atoms with Crippen molar-refractivity contribution >= 4 is 12.0 Å². The molecule has 0 atom stereocenters. The Labute approximate surface area is 80.4 Å². The van der Waals surface area contributed by atoms with Gasteiger partial charge in [0.25, 0.3) is 0 Å². The second kappa shape index (κ2) is 4.41. The van der Waals surface area contributed by atoms with Gasteiger partial charge in [-0.25, -0.2) is 9.18 Å². The molecule has 0 spiro atoms. The smallest absolute Gasteiger partial charge is 0.328 e. The molecule has 0 fully saturated rings. The zero-order chi connectivity index (χ0) is 10.6. The van der Waals surface area contributed by atoms with E-state index >= 15 is 0 Å². The lowest BCUT2D eigenvalue weighted by atomic mass is 10.2. The van der Waals surface area contributed by atoms with Crippen LogP contribution in [0.1, 0.15) is 5.56 Å². The third-order valence-electron chi connectivity index (χ3n) is 1.60.